The topological polar surface area (TPSA) is 93.5 Å². The highest BCUT2D eigenvalue weighted by molar-refractivity contribution is 5.89. The zero-order valence-corrected chi connectivity index (χ0v) is 9.37. The molecule has 0 aliphatic rings. The Labute approximate surface area is 89.5 Å². The molecule has 0 aromatic heterocycles. The Morgan fingerprint density at radius 2 is 2.00 bits per heavy atom. The van der Waals surface area contributed by atoms with Crippen molar-refractivity contribution in [2.24, 2.45) is 5.73 Å². The Balaban J connectivity index is 4.10. The van der Waals surface area contributed by atoms with E-state index in [9.17, 15) is 9.59 Å². The molecule has 0 aliphatic carbocycles. The second-order valence-electron chi connectivity index (χ2n) is 3.08. The summed E-state index contributed by atoms with van der Waals surface area (Å²) in [5.41, 5.74) is 5.31. The summed E-state index contributed by atoms with van der Waals surface area (Å²) in [6.45, 7) is 4.03. The maximum absolute atomic E-state index is 11.4. The van der Waals surface area contributed by atoms with Crippen molar-refractivity contribution < 1.29 is 14.3 Å². The minimum absolute atomic E-state index is 0.0877. The van der Waals surface area contributed by atoms with Crippen LogP contribution in [0.1, 0.15) is 13.8 Å². The van der Waals surface area contributed by atoms with Gasteiger partial charge in [-0.2, -0.15) is 0 Å². The highest BCUT2D eigenvalue weighted by Crippen LogP contribution is 1.90. The zero-order chi connectivity index (χ0) is 11.8. The summed E-state index contributed by atoms with van der Waals surface area (Å²) < 4.78 is 4.83. The van der Waals surface area contributed by atoms with Gasteiger partial charge in [0.25, 0.3) is 5.91 Å². The van der Waals surface area contributed by atoms with Gasteiger partial charge in [0.2, 0.25) is 5.91 Å². The van der Waals surface area contributed by atoms with Crippen LogP contribution in [0.4, 0.5) is 0 Å². The molecule has 0 heterocycles. The Kier molecular flexibility index (Phi) is 6.64. The largest absolute Gasteiger partial charge is 0.370 e. The van der Waals surface area contributed by atoms with Gasteiger partial charge in [-0.15, -0.1) is 0 Å². The van der Waals surface area contributed by atoms with Crippen LogP contribution in [0.3, 0.4) is 0 Å². The summed E-state index contributed by atoms with van der Waals surface area (Å²) in [5, 5.41) is 5.11. The summed E-state index contributed by atoms with van der Waals surface area (Å²) in [5.74, 6) is -0.600. The molecule has 15 heavy (non-hydrogen) atoms. The van der Waals surface area contributed by atoms with E-state index in [-0.39, 0.29) is 18.4 Å². The highest BCUT2D eigenvalue weighted by atomic mass is 16.5. The third-order valence-electron chi connectivity index (χ3n) is 1.89. The number of carbonyl (C=O) groups excluding carboxylic acids is 2. The van der Waals surface area contributed by atoms with Crippen LogP contribution in [-0.2, 0) is 14.3 Å². The highest BCUT2D eigenvalue weighted by Gasteiger charge is 2.20. The smallest absolute Gasteiger partial charge is 0.251 e. The molecule has 0 aliphatic heterocycles. The van der Waals surface area contributed by atoms with Crippen molar-refractivity contribution in [2.75, 3.05) is 20.2 Å². The van der Waals surface area contributed by atoms with Gasteiger partial charge in [-0.1, -0.05) is 0 Å². The summed E-state index contributed by atoms with van der Waals surface area (Å²) in [6.07, 6.45) is -0.707. The van der Waals surface area contributed by atoms with E-state index in [1.807, 2.05) is 6.92 Å². The van der Waals surface area contributed by atoms with E-state index in [1.165, 1.54) is 7.11 Å². The molecule has 0 fully saturated rings. The first-order chi connectivity index (χ1) is 7.06. The van der Waals surface area contributed by atoms with Gasteiger partial charge in [-0.3, -0.25) is 9.59 Å². The van der Waals surface area contributed by atoms with Gasteiger partial charge in [-0.05, 0) is 13.8 Å². The molecule has 0 rings (SSSR count). The van der Waals surface area contributed by atoms with E-state index in [0.29, 0.717) is 6.54 Å². The van der Waals surface area contributed by atoms with Gasteiger partial charge in [0.1, 0.15) is 12.1 Å². The molecule has 4 N–H and O–H groups in total. The number of hydrogen-bond donors (Lipinski definition) is 3. The van der Waals surface area contributed by atoms with Gasteiger partial charge >= 0.3 is 0 Å². The average molecular weight is 217 g/mol. The van der Waals surface area contributed by atoms with E-state index in [1.54, 1.807) is 6.92 Å². The van der Waals surface area contributed by atoms with Gasteiger partial charge in [0.05, 0.1) is 0 Å². The van der Waals surface area contributed by atoms with Crippen LogP contribution in [0, 0.1) is 0 Å². The van der Waals surface area contributed by atoms with Crippen LogP contribution < -0.4 is 16.4 Å². The number of hydrogen-bond acceptors (Lipinski definition) is 4. The fraction of sp³-hybridized carbons (Fsp3) is 0.778. The van der Waals surface area contributed by atoms with E-state index in [0.717, 1.165) is 0 Å². The normalized spacial score (nSPS) is 14.1. The molecular weight excluding hydrogens is 198 g/mol. The van der Waals surface area contributed by atoms with Crippen molar-refractivity contribution in [3.05, 3.63) is 0 Å². The van der Waals surface area contributed by atoms with Crippen molar-refractivity contribution >= 4 is 11.8 Å². The predicted octanol–water partition coefficient (Wildman–Crippen LogP) is -1.40. The van der Waals surface area contributed by atoms with E-state index in [2.05, 4.69) is 10.6 Å². The molecule has 0 radical (unpaired) electrons. The molecular formula is C9H19N3O3. The Hall–Kier alpha value is -1.14. The second kappa shape index (κ2) is 7.19. The van der Waals surface area contributed by atoms with Crippen LogP contribution >= 0.6 is 0 Å². The fourth-order valence-electron chi connectivity index (χ4n) is 1.01. The first-order valence-corrected chi connectivity index (χ1v) is 4.87. The predicted molar refractivity (Wildman–Crippen MR) is 56.1 cm³/mol. The van der Waals surface area contributed by atoms with Gasteiger partial charge < -0.3 is 21.1 Å². The first-order valence-electron chi connectivity index (χ1n) is 4.87. The maximum atomic E-state index is 11.4. The molecule has 6 nitrogen and oxygen atoms in total. The summed E-state index contributed by atoms with van der Waals surface area (Å²) >= 11 is 0. The molecule has 88 valence electrons. The lowest BCUT2D eigenvalue weighted by molar-refractivity contribution is -0.134. The number of nitrogens with two attached hydrogens (primary N) is 1. The van der Waals surface area contributed by atoms with Crippen LogP contribution in [0.2, 0.25) is 0 Å². The molecule has 0 saturated carbocycles. The molecule has 2 unspecified atom stereocenters. The number of ether oxygens (including phenoxy) is 1. The van der Waals surface area contributed by atoms with Crippen molar-refractivity contribution in [3.63, 3.8) is 0 Å². The number of methoxy groups -OCH3 is 1. The van der Waals surface area contributed by atoms with Crippen LogP contribution in [-0.4, -0.2) is 44.2 Å². The van der Waals surface area contributed by atoms with Crippen LogP contribution in [0.15, 0.2) is 0 Å². The monoisotopic (exact) mass is 217 g/mol. The summed E-state index contributed by atoms with van der Waals surface area (Å²) in [6, 6.07) is -0.582. The lowest BCUT2D eigenvalue weighted by atomic mass is 10.2. The van der Waals surface area contributed by atoms with E-state index in [4.69, 9.17) is 10.5 Å². The molecule has 0 aromatic rings. The molecule has 2 atom stereocenters. The minimum Gasteiger partial charge on any atom is -0.370 e. The molecule has 2 amide bonds. The number of likely N-dealkylation sites (N-methyl/N-ethyl adjacent to an activating group) is 1. The minimum atomic E-state index is -0.707. The SMILES string of the molecule is CCNC(=O)C(C)NC(=O)C(CN)OC. The third-order valence-corrected chi connectivity index (χ3v) is 1.89. The quantitative estimate of drug-likeness (QED) is 0.510. The summed E-state index contributed by atoms with van der Waals surface area (Å²) in [4.78, 5) is 22.7. The van der Waals surface area contributed by atoms with Gasteiger partial charge in [0.15, 0.2) is 0 Å². The van der Waals surface area contributed by atoms with Crippen LogP contribution in [0.25, 0.3) is 0 Å². The van der Waals surface area contributed by atoms with Crippen molar-refractivity contribution in [1.82, 2.24) is 10.6 Å². The molecule has 0 spiro atoms. The molecule has 0 aromatic carbocycles. The zero-order valence-electron chi connectivity index (χ0n) is 9.37. The number of carbonyl (C=O) groups is 2. The lowest BCUT2D eigenvalue weighted by Gasteiger charge is -2.17. The Bertz CT molecular complexity index is 217. The first kappa shape index (κ1) is 13.9. The summed E-state index contributed by atoms with van der Waals surface area (Å²) in [7, 11) is 1.40. The van der Waals surface area contributed by atoms with Gasteiger partial charge in [-0.25, -0.2) is 0 Å². The van der Waals surface area contributed by atoms with Crippen molar-refractivity contribution in [1.29, 1.82) is 0 Å². The number of amides is 2. The number of rotatable bonds is 6. The average Bonchev–Trinajstić information content (AvgIpc) is 2.19. The standard InChI is InChI=1S/C9H19N3O3/c1-4-11-8(13)6(2)12-9(14)7(5-10)15-3/h6-7H,4-5,10H2,1-3H3,(H,11,13)(H,12,14). The van der Waals surface area contributed by atoms with Crippen LogP contribution in [0.5, 0.6) is 0 Å². The molecule has 0 bridgehead atoms. The molecule has 0 saturated heterocycles. The maximum Gasteiger partial charge on any atom is 0.251 e. The van der Waals surface area contributed by atoms with Gasteiger partial charge in [0, 0.05) is 20.2 Å². The second-order valence-corrected chi connectivity index (χ2v) is 3.08. The van der Waals surface area contributed by atoms with E-state index >= 15 is 0 Å². The van der Waals surface area contributed by atoms with Crippen molar-refractivity contribution in [3.8, 4) is 0 Å². The Morgan fingerprint density at radius 1 is 1.40 bits per heavy atom. The van der Waals surface area contributed by atoms with E-state index < -0.39 is 12.1 Å². The van der Waals surface area contributed by atoms with Crippen molar-refractivity contribution in [2.45, 2.75) is 26.0 Å². The Morgan fingerprint density at radius 3 is 2.40 bits per heavy atom. The fourth-order valence-corrected chi connectivity index (χ4v) is 1.01. The lowest BCUT2D eigenvalue weighted by Crippen LogP contribution is -2.50. The molecule has 6 heteroatoms. The third kappa shape index (κ3) is 4.75. The number of nitrogens with one attached hydrogen (secondary N) is 2.